The van der Waals surface area contributed by atoms with Gasteiger partial charge in [0.25, 0.3) is 0 Å². The first kappa shape index (κ1) is 21.7. The molecule has 3 atom stereocenters. The standard InChI is InChI=1S/C15H27N3O6/c1-8(11(19)17-10(3)13(21)23-7)16-12(20)9(2)18-14(22)24-15(4,5)6/h8-10H,1-7H3,(H,16,20)(H,17,19)(H,18,22)/t8-,9-,10-/m0/s1. The van der Waals surface area contributed by atoms with E-state index in [1.807, 2.05) is 0 Å². The third-order valence-corrected chi connectivity index (χ3v) is 2.79. The van der Waals surface area contributed by atoms with Crippen molar-refractivity contribution in [3.05, 3.63) is 0 Å². The summed E-state index contributed by atoms with van der Waals surface area (Å²) >= 11 is 0. The topological polar surface area (TPSA) is 123 Å². The summed E-state index contributed by atoms with van der Waals surface area (Å²) in [6, 6.07) is -2.63. The lowest BCUT2D eigenvalue weighted by molar-refractivity contribution is -0.144. The molecule has 3 amide bonds. The highest BCUT2D eigenvalue weighted by Crippen LogP contribution is 2.06. The Labute approximate surface area is 141 Å². The van der Waals surface area contributed by atoms with Gasteiger partial charge in [-0.2, -0.15) is 0 Å². The third kappa shape index (κ3) is 8.35. The van der Waals surface area contributed by atoms with Crippen molar-refractivity contribution in [3.63, 3.8) is 0 Å². The van der Waals surface area contributed by atoms with Crippen LogP contribution >= 0.6 is 0 Å². The van der Waals surface area contributed by atoms with E-state index in [0.29, 0.717) is 0 Å². The number of nitrogens with one attached hydrogen (secondary N) is 3. The van der Waals surface area contributed by atoms with Gasteiger partial charge in [0, 0.05) is 0 Å². The normalized spacial score (nSPS) is 14.6. The maximum Gasteiger partial charge on any atom is 0.408 e. The maximum atomic E-state index is 12.0. The molecule has 3 N–H and O–H groups in total. The Morgan fingerprint density at radius 3 is 1.62 bits per heavy atom. The monoisotopic (exact) mass is 345 g/mol. The number of esters is 1. The molecule has 0 aromatic rings. The fraction of sp³-hybridized carbons (Fsp3) is 0.733. The Bertz CT molecular complexity index is 486. The summed E-state index contributed by atoms with van der Waals surface area (Å²) in [5.74, 6) is -1.71. The van der Waals surface area contributed by atoms with E-state index < -0.39 is 47.6 Å². The van der Waals surface area contributed by atoms with Gasteiger partial charge in [-0.3, -0.25) is 9.59 Å². The van der Waals surface area contributed by atoms with Crippen LogP contribution in [0.5, 0.6) is 0 Å². The summed E-state index contributed by atoms with van der Waals surface area (Å²) in [5, 5.41) is 7.21. The van der Waals surface area contributed by atoms with Gasteiger partial charge >= 0.3 is 12.1 Å². The molecule has 9 nitrogen and oxygen atoms in total. The van der Waals surface area contributed by atoms with Crippen LogP contribution in [0.4, 0.5) is 4.79 Å². The van der Waals surface area contributed by atoms with Crippen molar-refractivity contribution in [2.75, 3.05) is 7.11 Å². The van der Waals surface area contributed by atoms with Crippen molar-refractivity contribution in [2.24, 2.45) is 0 Å². The second-order valence-electron chi connectivity index (χ2n) is 6.35. The van der Waals surface area contributed by atoms with Gasteiger partial charge in [0.1, 0.15) is 23.7 Å². The van der Waals surface area contributed by atoms with Gasteiger partial charge < -0.3 is 25.4 Å². The first-order valence-electron chi connectivity index (χ1n) is 7.55. The Balaban J connectivity index is 4.45. The molecular formula is C15H27N3O6. The molecule has 0 aliphatic carbocycles. The molecule has 0 bridgehead atoms. The Morgan fingerprint density at radius 1 is 0.792 bits per heavy atom. The third-order valence-electron chi connectivity index (χ3n) is 2.79. The molecule has 0 saturated carbocycles. The first-order chi connectivity index (χ1) is 10.9. The molecule has 0 radical (unpaired) electrons. The van der Waals surface area contributed by atoms with Gasteiger partial charge in [0.15, 0.2) is 0 Å². The van der Waals surface area contributed by atoms with E-state index in [1.54, 1.807) is 20.8 Å². The molecule has 0 aromatic heterocycles. The molecule has 0 heterocycles. The van der Waals surface area contributed by atoms with Crippen molar-refractivity contribution in [2.45, 2.75) is 65.3 Å². The molecule has 0 aliphatic heterocycles. The van der Waals surface area contributed by atoms with E-state index in [2.05, 4.69) is 20.7 Å². The number of carbonyl (C=O) groups excluding carboxylic acids is 4. The van der Waals surface area contributed by atoms with Crippen molar-refractivity contribution in [1.82, 2.24) is 16.0 Å². The average Bonchev–Trinajstić information content (AvgIpc) is 2.43. The second-order valence-corrected chi connectivity index (χ2v) is 6.35. The molecule has 0 fully saturated rings. The summed E-state index contributed by atoms with van der Waals surface area (Å²) in [6.07, 6.45) is -0.735. The number of hydrogen-bond acceptors (Lipinski definition) is 6. The predicted molar refractivity (Wildman–Crippen MR) is 86.1 cm³/mol. The molecule has 0 saturated heterocycles. The van der Waals surface area contributed by atoms with E-state index in [9.17, 15) is 19.2 Å². The van der Waals surface area contributed by atoms with Gasteiger partial charge in [-0.15, -0.1) is 0 Å². The van der Waals surface area contributed by atoms with Gasteiger partial charge in [-0.1, -0.05) is 0 Å². The molecule has 24 heavy (non-hydrogen) atoms. The van der Waals surface area contributed by atoms with E-state index in [0.717, 1.165) is 0 Å². The van der Waals surface area contributed by atoms with Crippen molar-refractivity contribution < 1.29 is 28.7 Å². The summed E-state index contributed by atoms with van der Waals surface area (Å²) < 4.78 is 9.53. The average molecular weight is 345 g/mol. The van der Waals surface area contributed by atoms with Crippen LogP contribution < -0.4 is 16.0 Å². The zero-order chi connectivity index (χ0) is 19.1. The lowest BCUT2D eigenvalue weighted by atomic mass is 10.2. The number of alkyl carbamates (subject to hydrolysis) is 1. The molecule has 0 unspecified atom stereocenters. The highest BCUT2D eigenvalue weighted by molar-refractivity contribution is 5.92. The Kier molecular flexibility index (Phi) is 8.21. The lowest BCUT2D eigenvalue weighted by Crippen LogP contribution is -2.54. The van der Waals surface area contributed by atoms with E-state index in [4.69, 9.17) is 4.74 Å². The zero-order valence-electron chi connectivity index (χ0n) is 15.2. The second kappa shape index (κ2) is 9.09. The number of methoxy groups -OCH3 is 1. The molecule has 138 valence electrons. The Hall–Kier alpha value is -2.32. The van der Waals surface area contributed by atoms with Crippen LogP contribution in [0.3, 0.4) is 0 Å². The van der Waals surface area contributed by atoms with Crippen LogP contribution in [0.15, 0.2) is 0 Å². The highest BCUT2D eigenvalue weighted by atomic mass is 16.6. The maximum absolute atomic E-state index is 12.0. The number of amides is 3. The van der Waals surface area contributed by atoms with Crippen LogP contribution in [0, 0.1) is 0 Å². The molecule has 0 spiro atoms. The Morgan fingerprint density at radius 2 is 1.21 bits per heavy atom. The number of carbonyl (C=O) groups is 4. The van der Waals surface area contributed by atoms with Crippen molar-refractivity contribution in [3.8, 4) is 0 Å². The van der Waals surface area contributed by atoms with E-state index in [1.165, 1.54) is 27.9 Å². The minimum Gasteiger partial charge on any atom is -0.467 e. The van der Waals surface area contributed by atoms with Crippen LogP contribution in [-0.2, 0) is 23.9 Å². The van der Waals surface area contributed by atoms with Gasteiger partial charge in [-0.05, 0) is 41.5 Å². The highest BCUT2D eigenvalue weighted by Gasteiger charge is 2.25. The molecule has 0 rings (SSSR count). The predicted octanol–water partition coefficient (Wildman–Crippen LogP) is 0.0820. The number of hydrogen-bond donors (Lipinski definition) is 3. The minimum absolute atomic E-state index is 0.550. The van der Waals surface area contributed by atoms with Crippen LogP contribution in [0.1, 0.15) is 41.5 Å². The SMILES string of the molecule is COC(=O)[C@H](C)NC(=O)[C@H](C)NC(=O)[C@H](C)NC(=O)OC(C)(C)C. The quantitative estimate of drug-likeness (QED) is 0.586. The smallest absolute Gasteiger partial charge is 0.408 e. The minimum atomic E-state index is -0.896. The molecular weight excluding hydrogens is 318 g/mol. The first-order valence-corrected chi connectivity index (χ1v) is 7.55. The van der Waals surface area contributed by atoms with E-state index >= 15 is 0 Å². The summed E-state index contributed by atoms with van der Waals surface area (Å²) in [4.78, 5) is 46.7. The number of ether oxygens (including phenoxy) is 2. The van der Waals surface area contributed by atoms with Crippen LogP contribution in [-0.4, -0.2) is 54.7 Å². The summed E-state index contributed by atoms with van der Waals surface area (Å²) in [7, 11) is 1.21. The van der Waals surface area contributed by atoms with Crippen molar-refractivity contribution >= 4 is 23.9 Å². The summed E-state index contributed by atoms with van der Waals surface area (Å²) in [5.41, 5.74) is -0.683. The largest absolute Gasteiger partial charge is 0.467 e. The lowest BCUT2D eigenvalue weighted by Gasteiger charge is -2.22. The fourth-order valence-corrected chi connectivity index (χ4v) is 1.53. The zero-order valence-corrected chi connectivity index (χ0v) is 15.2. The number of rotatable bonds is 6. The van der Waals surface area contributed by atoms with Gasteiger partial charge in [0.2, 0.25) is 11.8 Å². The van der Waals surface area contributed by atoms with Crippen LogP contribution in [0.2, 0.25) is 0 Å². The van der Waals surface area contributed by atoms with Crippen LogP contribution in [0.25, 0.3) is 0 Å². The molecule has 0 aromatic carbocycles. The van der Waals surface area contributed by atoms with E-state index in [-0.39, 0.29) is 0 Å². The van der Waals surface area contributed by atoms with Gasteiger partial charge in [0.05, 0.1) is 7.11 Å². The molecule has 0 aliphatic rings. The van der Waals surface area contributed by atoms with Crippen molar-refractivity contribution in [1.29, 1.82) is 0 Å². The molecule has 9 heteroatoms. The van der Waals surface area contributed by atoms with Gasteiger partial charge in [-0.25, -0.2) is 9.59 Å². The fourth-order valence-electron chi connectivity index (χ4n) is 1.53. The summed E-state index contributed by atoms with van der Waals surface area (Å²) in [6.45, 7) is 9.48.